The van der Waals surface area contributed by atoms with Gasteiger partial charge in [0.1, 0.15) is 31.6 Å². The molecule has 14 nitrogen and oxygen atoms in total. The van der Waals surface area contributed by atoms with Crippen molar-refractivity contribution in [3.8, 4) is 54.0 Å². The molecule has 6 atom stereocenters. The van der Waals surface area contributed by atoms with Crippen molar-refractivity contribution >= 4 is 85.9 Å². The Kier molecular flexibility index (Phi) is 36.2. The normalized spacial score (nSPS) is 21.5. The third-order valence-corrected chi connectivity index (χ3v) is 11.3. The molecule has 3 aromatic rings. The van der Waals surface area contributed by atoms with Crippen LogP contribution >= 0.6 is 74.5 Å². The summed E-state index contributed by atoms with van der Waals surface area (Å²) < 4.78 is 83.7. The van der Waals surface area contributed by atoms with Crippen molar-refractivity contribution in [1.29, 1.82) is 0 Å². The average Bonchev–Trinajstić information content (AvgIpc) is 3.38. The first-order valence-corrected chi connectivity index (χ1v) is 48.5. The summed E-state index contributed by atoms with van der Waals surface area (Å²) in [4.78, 5) is 24.3. The predicted octanol–water partition coefficient (Wildman–Crippen LogP) is 3.21. The zero-order valence-electron chi connectivity index (χ0n) is 40.8. The standard InChI is InChI=1S/C33H34F3N3O5.2C9H14O3.2I3/c1-3-10-42-21-28-18-27(7-11-43-28)44-32-30(39-8-12-41-13-9-39)17-25(20-38-32)29-14-23(19-37-22(29)2)15-31(40)24-5-4-6-26(16-24)33(34,35)36;2*1-2-4-11-7-9-6-8(10)3-5-12-9;2*1-3-2/h1,4-6,14,16-17,19-20,27-28H,7-13,15,18,21H2,2H3;2*1,8-10H,3-7H2;;/q;;;2*-1/t27-,28-;8-,9+;8-,9-;;/m101../s1. The molecule has 74 heavy (non-hydrogen) atoms. The topological polar surface area (TPSA) is 160 Å². The van der Waals surface area contributed by atoms with Crippen LogP contribution in [-0.2, 0) is 45.8 Å². The molecule has 0 radical (unpaired) electrons. The van der Waals surface area contributed by atoms with E-state index in [2.05, 4.69) is 102 Å². The monoisotopic (exact) mass is 1710 g/mol. The molecule has 0 saturated carbocycles. The number of aliphatic hydroxyl groups is 2. The van der Waals surface area contributed by atoms with Gasteiger partial charge in [-0.15, -0.1) is 19.3 Å². The van der Waals surface area contributed by atoms with Gasteiger partial charge in [-0.3, -0.25) is 9.78 Å². The Labute approximate surface area is 493 Å². The zero-order valence-corrected chi connectivity index (χ0v) is 53.7. The minimum atomic E-state index is -4.53. The van der Waals surface area contributed by atoms with E-state index in [4.69, 9.17) is 62.1 Å². The number of aliphatic hydroxyl groups excluding tert-OH is 2. The van der Waals surface area contributed by atoms with E-state index in [1.54, 1.807) is 12.4 Å². The molecule has 7 rings (SSSR count). The van der Waals surface area contributed by atoms with Crippen LogP contribution in [0.15, 0.2) is 48.8 Å². The van der Waals surface area contributed by atoms with Crippen molar-refractivity contribution in [1.82, 2.24) is 9.97 Å². The van der Waals surface area contributed by atoms with Crippen LogP contribution in [0.5, 0.6) is 5.88 Å². The van der Waals surface area contributed by atoms with Gasteiger partial charge < -0.3 is 53.0 Å². The summed E-state index contributed by atoms with van der Waals surface area (Å²) in [6.45, 7) is 8.34. The minimum absolute atomic E-state index is 0.00215. The van der Waals surface area contributed by atoms with Crippen molar-refractivity contribution in [3.63, 3.8) is 0 Å². The first-order valence-electron chi connectivity index (χ1n) is 23.3. The third kappa shape index (κ3) is 27.0. The fraction of sp³-hybridized carbons (Fsp3) is 0.549. The van der Waals surface area contributed by atoms with Gasteiger partial charge in [0.15, 0.2) is 5.78 Å². The van der Waals surface area contributed by atoms with Crippen LogP contribution in [0.3, 0.4) is 0 Å². The summed E-state index contributed by atoms with van der Waals surface area (Å²) in [7, 11) is 0. The number of halogens is 9. The van der Waals surface area contributed by atoms with Gasteiger partial charge in [0.2, 0.25) is 5.88 Å². The molecule has 0 aliphatic carbocycles. The molecule has 6 heterocycles. The SMILES string of the molecule is C#CCOC[C@H]1C[C@@H](O)CCO1.C#CCOC[C@H]1C[C@H](O)CCO1.C#CCOC[C@H]1C[C@H](Oc2ncc(-c3cc(CC(=O)c4cccc(C(F)(F)F)c4)cnc3C)cc2N2CCOCC2)CCO1.I[I-]I.I[I-]I. The van der Waals surface area contributed by atoms with Gasteiger partial charge in [-0.05, 0) is 49.6 Å². The van der Waals surface area contributed by atoms with Crippen LogP contribution in [-0.4, -0.2) is 148 Å². The first-order chi connectivity index (χ1) is 35.7. The summed E-state index contributed by atoms with van der Waals surface area (Å²) in [5.41, 5.74) is 2.82. The van der Waals surface area contributed by atoms with Gasteiger partial charge >= 0.3 is 107 Å². The molecule has 0 amide bonds. The Morgan fingerprint density at radius 1 is 0.770 bits per heavy atom. The number of benzene rings is 1. The van der Waals surface area contributed by atoms with Gasteiger partial charge in [0.25, 0.3) is 0 Å². The van der Waals surface area contributed by atoms with E-state index in [0.717, 1.165) is 47.5 Å². The predicted molar refractivity (Wildman–Crippen MR) is 303 cm³/mol. The van der Waals surface area contributed by atoms with Crippen molar-refractivity contribution in [2.75, 3.05) is 90.7 Å². The van der Waals surface area contributed by atoms with Crippen molar-refractivity contribution in [3.05, 3.63) is 71.2 Å². The number of aryl methyl sites for hydroxylation is 1. The summed E-state index contributed by atoms with van der Waals surface area (Å²) in [6, 6.07) is 8.31. The fourth-order valence-electron chi connectivity index (χ4n) is 7.76. The quantitative estimate of drug-likeness (QED) is 0.0933. The Balaban J connectivity index is 0.000000388. The number of carbonyl (C=O) groups is 1. The summed E-state index contributed by atoms with van der Waals surface area (Å²) in [5, 5.41) is 18.5. The number of alkyl halides is 3. The molecule has 2 N–H and O–H groups in total. The van der Waals surface area contributed by atoms with Gasteiger partial charge in [-0.25, -0.2) is 4.98 Å². The van der Waals surface area contributed by atoms with Crippen LogP contribution in [0, 0.1) is 44.0 Å². The van der Waals surface area contributed by atoms with E-state index in [1.165, 1.54) is 12.1 Å². The third-order valence-electron chi connectivity index (χ3n) is 11.3. The van der Waals surface area contributed by atoms with E-state index < -0.39 is 17.5 Å². The Hall–Kier alpha value is -0.720. The molecule has 1 aromatic carbocycles. The number of hydrogen-bond acceptors (Lipinski definition) is 14. The first kappa shape index (κ1) is 67.6. The van der Waals surface area contributed by atoms with Gasteiger partial charge in [-0.2, -0.15) is 13.2 Å². The molecule has 23 heteroatoms. The van der Waals surface area contributed by atoms with Gasteiger partial charge in [-0.1, -0.05) is 29.9 Å². The number of morpholine rings is 1. The molecule has 0 unspecified atom stereocenters. The second kappa shape index (κ2) is 39.6. The van der Waals surface area contributed by atoms with Crippen molar-refractivity contribution < 1.29 is 92.6 Å². The second-order valence-electron chi connectivity index (χ2n) is 16.7. The number of rotatable bonds is 16. The van der Waals surface area contributed by atoms with Crippen molar-refractivity contribution in [2.24, 2.45) is 0 Å². The number of aromatic nitrogens is 2. The van der Waals surface area contributed by atoms with E-state index in [1.807, 2.05) is 19.1 Å². The molecular weight excluding hydrogens is 1650 g/mol. The van der Waals surface area contributed by atoms with E-state index in [-0.39, 0.29) is 55.2 Å². The zero-order chi connectivity index (χ0) is 54.1. The molecule has 4 aliphatic heterocycles. The summed E-state index contributed by atoms with van der Waals surface area (Å²) in [5.74, 6) is 7.29. The molecular formula is C51H62F3I6N3O11-2. The molecule has 2 aromatic heterocycles. The Bertz CT molecular complexity index is 2170. The number of anilines is 1. The fourth-order valence-corrected chi connectivity index (χ4v) is 7.76. The average molecular weight is 1710 g/mol. The molecule has 4 fully saturated rings. The molecule has 4 saturated heterocycles. The molecule has 4 aliphatic rings. The number of carbonyl (C=O) groups excluding carboxylic acids is 1. The summed E-state index contributed by atoms with van der Waals surface area (Å²) >= 11 is 10.6. The van der Waals surface area contributed by atoms with Crippen LogP contribution in [0.2, 0.25) is 0 Å². The van der Waals surface area contributed by atoms with E-state index in [9.17, 15) is 28.2 Å². The van der Waals surface area contributed by atoms with Gasteiger partial charge in [0.05, 0.1) is 75.7 Å². The maximum absolute atomic E-state index is 13.2. The second-order valence-corrected chi connectivity index (χ2v) is 49.2. The van der Waals surface area contributed by atoms with Crippen LogP contribution < -0.4 is 36.1 Å². The number of terminal acetylenes is 3. The van der Waals surface area contributed by atoms with Crippen molar-refractivity contribution in [2.45, 2.75) is 94.7 Å². The maximum atomic E-state index is 13.2. The molecule has 0 spiro atoms. The van der Waals surface area contributed by atoms with Crippen LogP contribution in [0.1, 0.15) is 65.7 Å². The number of nitrogens with zero attached hydrogens (tertiary/aromatic N) is 3. The Morgan fingerprint density at radius 2 is 1.30 bits per heavy atom. The number of ether oxygens (including phenoxy) is 8. The number of Topliss-reactive ketones (excluding diaryl/α,β-unsaturated/α-hetero) is 1. The number of hydrogen-bond donors (Lipinski definition) is 2. The number of ketones is 1. The molecule has 0 bridgehead atoms. The number of pyridine rings is 2. The van der Waals surface area contributed by atoms with E-state index in [0.29, 0.717) is 143 Å². The van der Waals surface area contributed by atoms with Crippen LogP contribution in [0.4, 0.5) is 18.9 Å². The van der Waals surface area contributed by atoms with Crippen LogP contribution in [0.25, 0.3) is 11.1 Å². The molecule has 412 valence electrons. The Morgan fingerprint density at radius 3 is 1.81 bits per heavy atom. The van der Waals surface area contributed by atoms with Gasteiger partial charge in [0, 0.05) is 93.2 Å². The van der Waals surface area contributed by atoms with E-state index >= 15 is 0 Å². The summed E-state index contributed by atoms with van der Waals surface area (Å²) in [6.07, 6.45) is 17.4.